The first-order valence-corrected chi connectivity index (χ1v) is 6.51. The molecule has 0 bridgehead atoms. The van der Waals surface area contributed by atoms with Gasteiger partial charge in [0.2, 0.25) is 5.91 Å². The first-order valence-electron chi connectivity index (χ1n) is 6.51. The molecule has 96 valence electrons. The first kappa shape index (κ1) is 15.4. The predicted molar refractivity (Wildman–Crippen MR) is 69.1 cm³/mol. The Kier molecular flexibility index (Phi) is 8.26. The van der Waals surface area contributed by atoms with Crippen LogP contribution >= 0.6 is 0 Å². The standard InChI is InChI=1S/C13H28N2O/c1-5-6-12(9-14)13(16)15-11(4)8-7-10(2)3/h10-12H,5-9,14H2,1-4H3,(H,15,16). The number of carbonyl (C=O) groups excluding carboxylic acids is 1. The van der Waals surface area contributed by atoms with Crippen molar-refractivity contribution < 1.29 is 4.79 Å². The Morgan fingerprint density at radius 3 is 2.25 bits per heavy atom. The van der Waals surface area contributed by atoms with Gasteiger partial charge in [-0.1, -0.05) is 27.2 Å². The molecule has 0 aliphatic heterocycles. The van der Waals surface area contributed by atoms with E-state index in [9.17, 15) is 4.79 Å². The van der Waals surface area contributed by atoms with Gasteiger partial charge < -0.3 is 11.1 Å². The van der Waals surface area contributed by atoms with Crippen LogP contribution in [0.15, 0.2) is 0 Å². The lowest BCUT2D eigenvalue weighted by Gasteiger charge is -2.19. The summed E-state index contributed by atoms with van der Waals surface area (Å²) in [5.41, 5.74) is 5.60. The second-order valence-corrected chi connectivity index (χ2v) is 5.10. The molecule has 0 rings (SSSR count). The largest absolute Gasteiger partial charge is 0.353 e. The topological polar surface area (TPSA) is 55.1 Å². The van der Waals surface area contributed by atoms with Gasteiger partial charge >= 0.3 is 0 Å². The fraction of sp³-hybridized carbons (Fsp3) is 0.923. The van der Waals surface area contributed by atoms with E-state index in [1.54, 1.807) is 0 Å². The molecule has 0 aromatic rings. The molecule has 0 aromatic carbocycles. The summed E-state index contributed by atoms with van der Waals surface area (Å²) in [6.45, 7) is 9.01. The monoisotopic (exact) mass is 228 g/mol. The zero-order valence-electron chi connectivity index (χ0n) is 11.3. The Balaban J connectivity index is 3.91. The van der Waals surface area contributed by atoms with Gasteiger partial charge in [-0.05, 0) is 32.1 Å². The number of hydrogen-bond acceptors (Lipinski definition) is 2. The molecule has 3 nitrogen and oxygen atoms in total. The van der Waals surface area contributed by atoms with E-state index in [2.05, 4.69) is 33.0 Å². The fourth-order valence-electron chi connectivity index (χ4n) is 1.72. The van der Waals surface area contributed by atoms with Crippen molar-refractivity contribution in [1.29, 1.82) is 0 Å². The van der Waals surface area contributed by atoms with E-state index >= 15 is 0 Å². The summed E-state index contributed by atoms with van der Waals surface area (Å²) in [5.74, 6) is 0.812. The van der Waals surface area contributed by atoms with Crippen LogP contribution in [0.3, 0.4) is 0 Å². The van der Waals surface area contributed by atoms with Crippen molar-refractivity contribution in [2.24, 2.45) is 17.6 Å². The van der Waals surface area contributed by atoms with Gasteiger partial charge in [-0.2, -0.15) is 0 Å². The Morgan fingerprint density at radius 1 is 1.19 bits per heavy atom. The van der Waals surface area contributed by atoms with Crippen molar-refractivity contribution in [3.05, 3.63) is 0 Å². The summed E-state index contributed by atoms with van der Waals surface area (Å²) < 4.78 is 0. The molecule has 2 atom stereocenters. The van der Waals surface area contributed by atoms with E-state index in [1.807, 2.05) is 0 Å². The molecule has 0 aromatic heterocycles. The van der Waals surface area contributed by atoms with Crippen LogP contribution < -0.4 is 11.1 Å². The summed E-state index contributed by atoms with van der Waals surface area (Å²) in [4.78, 5) is 11.8. The van der Waals surface area contributed by atoms with E-state index in [-0.39, 0.29) is 17.9 Å². The predicted octanol–water partition coefficient (Wildman–Crippen LogP) is 2.30. The molecular formula is C13H28N2O. The molecule has 0 radical (unpaired) electrons. The highest BCUT2D eigenvalue weighted by atomic mass is 16.1. The highest BCUT2D eigenvalue weighted by Gasteiger charge is 2.17. The smallest absolute Gasteiger partial charge is 0.224 e. The van der Waals surface area contributed by atoms with Gasteiger partial charge in [-0.15, -0.1) is 0 Å². The number of nitrogens with one attached hydrogen (secondary N) is 1. The number of amides is 1. The van der Waals surface area contributed by atoms with Gasteiger partial charge in [0.1, 0.15) is 0 Å². The maximum Gasteiger partial charge on any atom is 0.224 e. The van der Waals surface area contributed by atoms with Crippen molar-refractivity contribution in [1.82, 2.24) is 5.32 Å². The van der Waals surface area contributed by atoms with E-state index in [0.717, 1.165) is 25.7 Å². The Morgan fingerprint density at radius 2 is 1.81 bits per heavy atom. The number of carbonyl (C=O) groups is 1. The summed E-state index contributed by atoms with van der Waals surface area (Å²) in [6, 6.07) is 0.265. The molecule has 2 unspecified atom stereocenters. The van der Waals surface area contributed by atoms with Crippen LogP contribution in [0.25, 0.3) is 0 Å². The molecule has 0 spiro atoms. The summed E-state index contributed by atoms with van der Waals surface area (Å²) in [7, 11) is 0. The van der Waals surface area contributed by atoms with Crippen molar-refractivity contribution in [3.63, 3.8) is 0 Å². The lowest BCUT2D eigenvalue weighted by Crippen LogP contribution is -2.40. The molecule has 0 aliphatic rings. The van der Waals surface area contributed by atoms with Gasteiger partial charge in [0.05, 0.1) is 5.92 Å². The third kappa shape index (κ3) is 6.83. The first-order chi connectivity index (χ1) is 7.51. The van der Waals surface area contributed by atoms with Crippen molar-refractivity contribution >= 4 is 5.91 Å². The zero-order chi connectivity index (χ0) is 12.6. The average molecular weight is 228 g/mol. The minimum Gasteiger partial charge on any atom is -0.353 e. The molecule has 0 saturated carbocycles. The molecule has 1 amide bonds. The van der Waals surface area contributed by atoms with Crippen molar-refractivity contribution in [2.45, 2.75) is 59.4 Å². The highest BCUT2D eigenvalue weighted by molar-refractivity contribution is 5.79. The number of hydrogen-bond donors (Lipinski definition) is 2. The van der Waals surface area contributed by atoms with Crippen LogP contribution in [0.2, 0.25) is 0 Å². The SMILES string of the molecule is CCCC(CN)C(=O)NC(C)CCC(C)C. The summed E-state index contributed by atoms with van der Waals surface area (Å²) in [5, 5.41) is 3.05. The number of nitrogens with two attached hydrogens (primary N) is 1. The van der Waals surface area contributed by atoms with E-state index in [0.29, 0.717) is 12.5 Å². The van der Waals surface area contributed by atoms with Gasteiger partial charge in [0.25, 0.3) is 0 Å². The van der Waals surface area contributed by atoms with Crippen molar-refractivity contribution in [2.75, 3.05) is 6.54 Å². The second-order valence-electron chi connectivity index (χ2n) is 5.10. The highest BCUT2D eigenvalue weighted by Crippen LogP contribution is 2.09. The Bertz CT molecular complexity index is 192. The molecule has 0 saturated heterocycles. The average Bonchev–Trinajstić information content (AvgIpc) is 2.22. The number of rotatable bonds is 8. The van der Waals surface area contributed by atoms with Gasteiger partial charge in [0.15, 0.2) is 0 Å². The van der Waals surface area contributed by atoms with Crippen LogP contribution in [-0.2, 0) is 4.79 Å². The molecular weight excluding hydrogens is 200 g/mol. The van der Waals surface area contributed by atoms with Gasteiger partial charge in [0, 0.05) is 12.6 Å². The molecule has 0 heterocycles. The quantitative estimate of drug-likeness (QED) is 0.670. The normalized spacial score (nSPS) is 14.9. The van der Waals surface area contributed by atoms with Gasteiger partial charge in [-0.3, -0.25) is 4.79 Å². The molecule has 3 N–H and O–H groups in total. The summed E-state index contributed by atoms with van der Waals surface area (Å²) >= 11 is 0. The minimum atomic E-state index is -0.00787. The fourth-order valence-corrected chi connectivity index (χ4v) is 1.72. The van der Waals surface area contributed by atoms with Crippen LogP contribution in [-0.4, -0.2) is 18.5 Å². The van der Waals surface area contributed by atoms with E-state index in [4.69, 9.17) is 5.73 Å². The maximum atomic E-state index is 11.8. The lowest BCUT2D eigenvalue weighted by atomic mass is 10.0. The molecule has 0 fully saturated rings. The van der Waals surface area contributed by atoms with Crippen LogP contribution in [0, 0.1) is 11.8 Å². The summed E-state index contributed by atoms with van der Waals surface area (Å²) in [6.07, 6.45) is 4.10. The van der Waals surface area contributed by atoms with E-state index < -0.39 is 0 Å². The van der Waals surface area contributed by atoms with Crippen molar-refractivity contribution in [3.8, 4) is 0 Å². The lowest BCUT2D eigenvalue weighted by molar-refractivity contribution is -0.125. The minimum absolute atomic E-state index is 0.00787. The van der Waals surface area contributed by atoms with Gasteiger partial charge in [-0.25, -0.2) is 0 Å². The Hall–Kier alpha value is -0.570. The molecule has 3 heteroatoms. The van der Waals surface area contributed by atoms with Crippen LogP contribution in [0.5, 0.6) is 0 Å². The molecule has 16 heavy (non-hydrogen) atoms. The third-order valence-electron chi connectivity index (χ3n) is 2.86. The second kappa shape index (κ2) is 8.57. The van der Waals surface area contributed by atoms with Crippen LogP contribution in [0.4, 0.5) is 0 Å². The third-order valence-corrected chi connectivity index (χ3v) is 2.86. The van der Waals surface area contributed by atoms with Crippen LogP contribution in [0.1, 0.15) is 53.4 Å². The maximum absolute atomic E-state index is 11.8. The zero-order valence-corrected chi connectivity index (χ0v) is 11.3. The molecule has 0 aliphatic carbocycles. The van der Waals surface area contributed by atoms with E-state index in [1.165, 1.54) is 0 Å². The Labute approximate surface area is 100 Å².